The predicted octanol–water partition coefficient (Wildman–Crippen LogP) is 0.451. The average Bonchev–Trinajstić information content (AvgIpc) is 3.86. The van der Waals surface area contributed by atoms with Gasteiger partial charge in [-0.15, -0.1) is 11.8 Å². The molecule has 0 spiro atoms. The van der Waals surface area contributed by atoms with Crippen LogP contribution in [0.2, 0.25) is 0 Å². The average molecular weight is 733 g/mol. The molecule has 0 saturated carbocycles. The Balaban J connectivity index is 1.08. The number of aromatic nitrogens is 2. The van der Waals surface area contributed by atoms with Crippen LogP contribution in [0, 0.1) is 0 Å². The summed E-state index contributed by atoms with van der Waals surface area (Å²) in [7, 11) is 0. The fourth-order valence-electron chi connectivity index (χ4n) is 6.17. The van der Waals surface area contributed by atoms with Gasteiger partial charge in [0, 0.05) is 47.9 Å². The molecule has 5 N–H and O–H groups in total. The zero-order valence-corrected chi connectivity index (χ0v) is 28.5. The first kappa shape index (κ1) is 34.7. The van der Waals surface area contributed by atoms with Crippen molar-refractivity contribution in [2.24, 2.45) is 5.16 Å². The van der Waals surface area contributed by atoms with Crippen molar-refractivity contribution >= 4 is 63.9 Å². The van der Waals surface area contributed by atoms with Crippen LogP contribution >= 0.6 is 23.3 Å². The maximum atomic E-state index is 13.5. The van der Waals surface area contributed by atoms with Gasteiger partial charge in [-0.1, -0.05) is 25.9 Å². The maximum Gasteiger partial charge on any atom is 0.519 e. The number of allylic oxidation sites excluding steroid dienone is 1. The number of hydrogen-bond donors (Lipinski definition) is 4. The van der Waals surface area contributed by atoms with Crippen molar-refractivity contribution in [1.82, 2.24) is 29.4 Å². The number of β-lactam (4-membered cyclic amide) rings is 1. The Labute approximate surface area is 290 Å². The maximum absolute atomic E-state index is 13.5. The van der Waals surface area contributed by atoms with E-state index in [-0.39, 0.29) is 64.6 Å². The fraction of sp³-hybridized carbons (Fsp3) is 0.483. The molecule has 4 aliphatic rings. The number of carboxylic acid groups (broad SMARTS) is 1. The van der Waals surface area contributed by atoms with Gasteiger partial charge in [0.25, 0.3) is 11.8 Å². The summed E-state index contributed by atoms with van der Waals surface area (Å²) in [6.45, 7) is 6.07. The van der Waals surface area contributed by atoms with E-state index >= 15 is 0 Å². The van der Waals surface area contributed by atoms with Crippen LogP contribution in [0.25, 0.3) is 0 Å². The molecule has 2 aromatic rings. The Morgan fingerprint density at radius 3 is 2.62 bits per heavy atom. The molecule has 0 bridgehead atoms. The molecule has 4 aliphatic heterocycles. The first-order valence-corrected chi connectivity index (χ1v) is 17.1. The number of nitrogens with one attached hydrogen (secondary N) is 1. The molecule has 3 saturated heterocycles. The summed E-state index contributed by atoms with van der Waals surface area (Å²) in [5.74, 6) is -3.92. The summed E-state index contributed by atoms with van der Waals surface area (Å²) in [6, 6.07) is -1.43. The molecule has 21 heteroatoms. The van der Waals surface area contributed by atoms with Gasteiger partial charge in [0.2, 0.25) is 17.4 Å². The van der Waals surface area contributed by atoms with Gasteiger partial charge in [-0.25, -0.2) is 14.4 Å². The van der Waals surface area contributed by atoms with Crippen LogP contribution in [0.4, 0.5) is 9.93 Å². The second kappa shape index (κ2) is 13.3. The molecule has 0 radical (unpaired) electrons. The molecule has 6 heterocycles. The van der Waals surface area contributed by atoms with E-state index in [4.69, 9.17) is 19.3 Å². The number of aliphatic carboxylic acids is 1. The Bertz CT molecular complexity index is 1920. The molecule has 4 amide bonds. The number of nitrogen functional groups attached to an aromatic ring is 1. The lowest BCUT2D eigenvalue weighted by Gasteiger charge is -2.49. The molecule has 266 valence electrons. The minimum Gasteiger partial charge on any atom is -0.477 e. The lowest BCUT2D eigenvalue weighted by atomic mass is 9.92. The van der Waals surface area contributed by atoms with Crippen molar-refractivity contribution in [3.8, 4) is 0 Å². The van der Waals surface area contributed by atoms with Crippen molar-refractivity contribution in [2.75, 3.05) is 31.1 Å². The van der Waals surface area contributed by atoms with E-state index in [2.05, 4.69) is 19.8 Å². The second-order valence-corrected chi connectivity index (χ2v) is 14.7. The lowest BCUT2D eigenvalue weighted by Crippen LogP contribution is -2.71. The minimum atomic E-state index is -1.38. The van der Waals surface area contributed by atoms with Crippen molar-refractivity contribution in [2.45, 2.75) is 63.1 Å². The van der Waals surface area contributed by atoms with E-state index in [0.717, 1.165) is 16.4 Å². The molecule has 3 atom stereocenters. The molecular formula is C29H32N8O11S2. The van der Waals surface area contributed by atoms with Gasteiger partial charge in [0.15, 0.2) is 23.3 Å². The molecule has 0 aromatic carbocycles. The highest BCUT2D eigenvalue weighted by molar-refractivity contribution is 8.00. The smallest absolute Gasteiger partial charge is 0.477 e. The number of amides is 4. The number of ether oxygens (including phenoxy) is 1. The van der Waals surface area contributed by atoms with Crippen LogP contribution in [0.3, 0.4) is 0 Å². The minimum absolute atomic E-state index is 0.0322. The van der Waals surface area contributed by atoms with Gasteiger partial charge in [-0.05, 0) is 24.5 Å². The van der Waals surface area contributed by atoms with E-state index in [0.29, 0.717) is 31.5 Å². The Hall–Kier alpha value is -5.18. The quantitative estimate of drug-likeness (QED) is 0.0944. The van der Waals surface area contributed by atoms with Crippen LogP contribution in [-0.4, -0.2) is 113 Å². The monoisotopic (exact) mass is 732 g/mol. The topological polar surface area (TPSA) is 264 Å². The number of oxime groups is 1. The number of nitrogens with zero attached hydrogens (tertiary/aromatic N) is 6. The number of carbonyl (C=O) groups excluding carboxylic acids is 4. The van der Waals surface area contributed by atoms with Crippen LogP contribution in [-0.2, 0) is 35.9 Å². The van der Waals surface area contributed by atoms with Crippen molar-refractivity contribution in [3.63, 3.8) is 0 Å². The lowest BCUT2D eigenvalue weighted by molar-refractivity contribution is -0.150. The molecule has 0 unspecified atom stereocenters. The van der Waals surface area contributed by atoms with Crippen LogP contribution < -0.4 is 16.9 Å². The van der Waals surface area contributed by atoms with E-state index < -0.39 is 52.2 Å². The summed E-state index contributed by atoms with van der Waals surface area (Å²) in [5, 5.41) is 24.0. The van der Waals surface area contributed by atoms with Gasteiger partial charge in [-0.2, -0.15) is 9.36 Å². The number of anilines is 1. The standard InChI is InChI=1S/C29H32N8O11S2/c1-29(2,3)19-15(47-28(44)48-19)10-46-27(43)35-6-5-14(9-35)36-7-4-12(22(36)39)8-13-11-49-24-17(23(40)37(24)18(13)25(41)42)31-21(38)16(33-45)20-32-26(30)50-34-20/h8,14,17,24,45H,4-7,9-11H2,1-3H3,(H,31,38)(H,41,42)(H2,30,32,34)/b12-8+,33-16-/t14-,17-,24-/m1/s1. The number of likely N-dealkylation sites (tertiary alicyclic amines) is 2. The van der Waals surface area contributed by atoms with Gasteiger partial charge in [0.1, 0.15) is 17.1 Å². The number of thioether (sulfide) groups is 1. The third-order valence-electron chi connectivity index (χ3n) is 8.48. The zero-order valence-electron chi connectivity index (χ0n) is 26.9. The largest absolute Gasteiger partial charge is 0.519 e. The Kier molecular flexibility index (Phi) is 9.20. The van der Waals surface area contributed by atoms with E-state index in [9.17, 15) is 39.1 Å². The number of nitrogens with two attached hydrogens (primary N) is 1. The highest BCUT2D eigenvalue weighted by Crippen LogP contribution is 2.41. The number of hydrogen-bond acceptors (Lipinski definition) is 16. The van der Waals surface area contributed by atoms with E-state index in [1.165, 1.54) is 22.7 Å². The van der Waals surface area contributed by atoms with Gasteiger partial charge < -0.3 is 44.7 Å². The number of carboxylic acids is 1. The van der Waals surface area contributed by atoms with Crippen molar-refractivity contribution in [3.05, 3.63) is 50.9 Å². The normalized spacial score (nSPS) is 23.4. The highest BCUT2D eigenvalue weighted by atomic mass is 32.2. The Morgan fingerprint density at radius 1 is 1.20 bits per heavy atom. The summed E-state index contributed by atoms with van der Waals surface area (Å²) < 4.78 is 19.4. The van der Waals surface area contributed by atoms with Gasteiger partial charge >= 0.3 is 17.9 Å². The Morgan fingerprint density at radius 2 is 1.96 bits per heavy atom. The number of carbonyl (C=O) groups is 5. The molecule has 19 nitrogen and oxygen atoms in total. The number of fused-ring (bicyclic) bond motifs is 1. The first-order chi connectivity index (χ1) is 23.7. The fourth-order valence-corrected chi connectivity index (χ4v) is 7.91. The highest BCUT2D eigenvalue weighted by Gasteiger charge is 2.54. The molecule has 0 aliphatic carbocycles. The number of rotatable bonds is 8. The van der Waals surface area contributed by atoms with E-state index in [1.807, 2.05) is 20.8 Å². The zero-order chi connectivity index (χ0) is 36.1. The summed E-state index contributed by atoms with van der Waals surface area (Å²) in [4.78, 5) is 84.2. The molecule has 2 aromatic heterocycles. The molecular weight excluding hydrogens is 700 g/mol. The van der Waals surface area contributed by atoms with Crippen LogP contribution in [0.1, 0.15) is 51.0 Å². The summed E-state index contributed by atoms with van der Waals surface area (Å²) >= 11 is 1.97. The third kappa shape index (κ3) is 6.44. The third-order valence-corrected chi connectivity index (χ3v) is 10.3. The van der Waals surface area contributed by atoms with Gasteiger partial charge in [0.05, 0.1) is 6.04 Å². The van der Waals surface area contributed by atoms with Crippen molar-refractivity contribution < 1.29 is 47.9 Å². The van der Waals surface area contributed by atoms with E-state index in [1.54, 1.807) is 4.90 Å². The molecule has 6 rings (SSSR count). The molecule has 3 fully saturated rings. The van der Waals surface area contributed by atoms with Crippen LogP contribution in [0.5, 0.6) is 0 Å². The summed E-state index contributed by atoms with van der Waals surface area (Å²) in [6.07, 6.45) is 1.67. The summed E-state index contributed by atoms with van der Waals surface area (Å²) in [5.41, 5.74) is 4.75. The predicted molar refractivity (Wildman–Crippen MR) is 173 cm³/mol. The SMILES string of the molecule is CC(C)(C)c1oc(=O)oc1COC(=O)N1CC[C@@H](N2CC/C(=C\C3=C(C(=O)O)N4C(=O)[C@@H](NC(=O)/C(=N\O)c5nsc(N)n5)[C@H]4SC3)C2=O)C1. The first-order valence-electron chi connectivity index (χ1n) is 15.3. The second-order valence-electron chi connectivity index (χ2n) is 12.8. The van der Waals surface area contributed by atoms with Crippen LogP contribution in [0.15, 0.2) is 41.7 Å². The van der Waals surface area contributed by atoms with Gasteiger partial charge in [-0.3, -0.25) is 19.3 Å². The molecule has 50 heavy (non-hydrogen) atoms. The van der Waals surface area contributed by atoms with Crippen molar-refractivity contribution in [1.29, 1.82) is 0 Å².